The van der Waals surface area contributed by atoms with Gasteiger partial charge >= 0.3 is 0 Å². The third kappa shape index (κ3) is 6.18. The first-order valence-electron chi connectivity index (χ1n) is 10.6. The summed E-state index contributed by atoms with van der Waals surface area (Å²) < 4.78 is 8.03. The van der Waals surface area contributed by atoms with Gasteiger partial charge in [-0.1, -0.05) is 29.8 Å². The van der Waals surface area contributed by atoms with Crippen LogP contribution >= 0.6 is 11.6 Å². The third-order valence-corrected chi connectivity index (χ3v) is 6.11. The number of halogens is 1. The number of carbonyl (C=O) groups excluding carboxylic acids is 1. The monoisotopic (exact) mass is 478 g/mol. The number of rotatable bonds is 8. The van der Waals surface area contributed by atoms with Crippen molar-refractivity contribution >= 4 is 35.0 Å². The molecule has 7 heteroatoms. The Labute approximate surface area is 202 Å². The molecule has 4 aromatic rings. The first-order valence-corrected chi connectivity index (χ1v) is 12.1. The van der Waals surface area contributed by atoms with Gasteiger partial charge in [0.1, 0.15) is 11.5 Å². The number of carbonyl (C=O) groups is 1. The fourth-order valence-electron chi connectivity index (χ4n) is 3.39. The second-order valence-electron chi connectivity index (χ2n) is 7.53. The van der Waals surface area contributed by atoms with Gasteiger partial charge in [-0.3, -0.25) is 4.79 Å². The lowest BCUT2D eigenvalue weighted by molar-refractivity contribution is -0.115. The van der Waals surface area contributed by atoms with Gasteiger partial charge in [-0.15, -0.1) is 0 Å². The summed E-state index contributed by atoms with van der Waals surface area (Å²) in [6.45, 7) is 4.07. The van der Waals surface area contributed by atoms with Crippen LogP contribution in [-0.2, 0) is 23.0 Å². The van der Waals surface area contributed by atoms with E-state index in [4.69, 9.17) is 16.3 Å². The summed E-state index contributed by atoms with van der Waals surface area (Å²) in [5.41, 5.74) is 3.33. The van der Waals surface area contributed by atoms with Crippen molar-refractivity contribution in [3.8, 4) is 17.2 Å². The zero-order chi connectivity index (χ0) is 23.2. The second-order valence-corrected chi connectivity index (χ2v) is 9.43. The second kappa shape index (κ2) is 10.6. The van der Waals surface area contributed by atoms with Crippen LogP contribution in [-0.4, -0.2) is 21.2 Å². The fraction of sp³-hybridized carbons (Fsp3) is 0.154. The molecule has 3 aromatic carbocycles. The molecule has 1 N–H and O–H groups in total. The van der Waals surface area contributed by atoms with Crippen molar-refractivity contribution in [3.63, 3.8) is 0 Å². The molecule has 1 aromatic heterocycles. The van der Waals surface area contributed by atoms with Gasteiger partial charge in [0.2, 0.25) is 5.91 Å². The minimum Gasteiger partial charge on any atom is -0.455 e. The maximum absolute atomic E-state index is 12.7. The Balaban J connectivity index is 1.55. The van der Waals surface area contributed by atoms with Crippen molar-refractivity contribution in [1.29, 1.82) is 0 Å². The van der Waals surface area contributed by atoms with E-state index in [9.17, 15) is 4.79 Å². The Morgan fingerprint density at radius 1 is 1.12 bits per heavy atom. The molecule has 1 amide bonds. The number of aromatic nitrogens is 2. The number of imidazole rings is 1. The van der Waals surface area contributed by atoms with Gasteiger partial charge in [0, 0.05) is 34.7 Å². The lowest BCUT2D eigenvalue weighted by atomic mass is 10.1. The smallest absolute Gasteiger partial charge is 0.228 e. The van der Waals surface area contributed by atoms with Crippen LogP contribution in [0.2, 0.25) is 5.02 Å². The number of hydrogen-bond donors (Lipinski definition) is 1. The molecule has 0 bridgehead atoms. The zero-order valence-electron chi connectivity index (χ0n) is 18.5. The Morgan fingerprint density at radius 3 is 2.64 bits per heavy atom. The Morgan fingerprint density at radius 2 is 1.94 bits per heavy atom. The van der Waals surface area contributed by atoms with E-state index in [1.165, 1.54) is 16.7 Å². The molecule has 0 aliphatic rings. The van der Waals surface area contributed by atoms with Crippen molar-refractivity contribution in [2.45, 2.75) is 25.2 Å². The molecule has 0 atom stereocenters. The molecule has 5 nitrogen and oxygen atoms in total. The lowest BCUT2D eigenvalue weighted by Crippen LogP contribution is -2.14. The number of thiol groups is 1. The molecule has 0 radical (unpaired) electrons. The summed E-state index contributed by atoms with van der Waals surface area (Å²) in [4.78, 5) is 18.2. The van der Waals surface area contributed by atoms with Gasteiger partial charge < -0.3 is 14.6 Å². The first kappa shape index (κ1) is 23.0. The highest BCUT2D eigenvalue weighted by Gasteiger charge is 2.12. The van der Waals surface area contributed by atoms with E-state index >= 15 is 0 Å². The van der Waals surface area contributed by atoms with Gasteiger partial charge in [-0.25, -0.2) is 4.98 Å². The zero-order valence-corrected chi connectivity index (χ0v) is 20.1. The van der Waals surface area contributed by atoms with E-state index in [0.717, 1.165) is 22.7 Å². The molecule has 0 fully saturated rings. The first-order chi connectivity index (χ1) is 16.0. The highest BCUT2D eigenvalue weighted by atomic mass is 35.5. The predicted molar refractivity (Wildman–Crippen MR) is 136 cm³/mol. The van der Waals surface area contributed by atoms with Crippen LogP contribution in [0.4, 0.5) is 5.69 Å². The minimum absolute atomic E-state index is 0.0873. The van der Waals surface area contributed by atoms with E-state index in [0.29, 0.717) is 28.6 Å². The molecule has 0 unspecified atom stereocenters. The lowest BCUT2D eigenvalue weighted by Gasteiger charge is -2.14. The molecule has 0 aliphatic heterocycles. The van der Waals surface area contributed by atoms with Gasteiger partial charge in [0.25, 0.3) is 0 Å². The van der Waals surface area contributed by atoms with Crippen molar-refractivity contribution in [2.24, 2.45) is 0 Å². The third-order valence-electron chi connectivity index (χ3n) is 4.90. The maximum Gasteiger partial charge on any atom is 0.228 e. The van der Waals surface area contributed by atoms with Gasteiger partial charge in [0.05, 0.1) is 24.1 Å². The number of anilines is 1. The van der Waals surface area contributed by atoms with E-state index < -0.39 is 0 Å². The normalized spacial score (nSPS) is 10.8. The molecule has 4 rings (SSSR count). The maximum atomic E-state index is 12.7. The number of aryl methyl sites for hydroxylation is 1. The standard InChI is InChI=1S/C26H24ClN3O2S/c1-3-33-23-10-7-19(8-11-23)13-26(31)29-21-9-12-24(30-16-18(2)28-17-30)25(15-21)32-22-6-4-5-20(27)14-22/h4-12,14-17H,3,13H2,1-2H3,(H,29,31)/p+1. The van der Waals surface area contributed by atoms with E-state index in [1.54, 1.807) is 18.5 Å². The van der Waals surface area contributed by atoms with Crippen LogP contribution in [0.3, 0.4) is 0 Å². The van der Waals surface area contributed by atoms with Crippen LogP contribution in [0.15, 0.2) is 84.1 Å². The van der Waals surface area contributed by atoms with Crippen LogP contribution in [0.25, 0.3) is 5.69 Å². The highest BCUT2D eigenvalue weighted by molar-refractivity contribution is 7.78. The minimum atomic E-state index is -0.0873. The van der Waals surface area contributed by atoms with Gasteiger partial charge in [-0.2, -0.15) is 0 Å². The summed E-state index contributed by atoms with van der Waals surface area (Å²) in [5.74, 6) is 2.18. The number of nitrogens with zero attached hydrogens (tertiary/aromatic N) is 2. The molecule has 0 spiro atoms. The summed E-state index contributed by atoms with van der Waals surface area (Å²) >= 11 is 7.41. The van der Waals surface area contributed by atoms with Crippen molar-refractivity contribution in [3.05, 3.63) is 95.5 Å². The Kier molecular flexibility index (Phi) is 7.37. The number of nitrogens with one attached hydrogen (secondary N) is 1. The van der Waals surface area contributed by atoms with Crippen LogP contribution in [0, 0.1) is 6.92 Å². The summed E-state index contributed by atoms with van der Waals surface area (Å²) in [6, 6.07) is 20.9. The van der Waals surface area contributed by atoms with Crippen molar-refractivity contribution in [1.82, 2.24) is 9.55 Å². The summed E-state index contributed by atoms with van der Waals surface area (Å²) in [6.07, 6.45) is 3.95. The molecule has 1 heterocycles. The number of hydrogen-bond acceptors (Lipinski definition) is 3. The predicted octanol–water partition coefficient (Wildman–Crippen LogP) is 6.00. The number of ether oxygens (including phenoxy) is 1. The average Bonchev–Trinajstić information content (AvgIpc) is 3.21. The molecule has 0 aliphatic carbocycles. The number of amides is 1. The Hall–Kier alpha value is -3.22. The average molecular weight is 479 g/mol. The molecular formula is C26H25ClN3O2S+. The van der Waals surface area contributed by atoms with E-state index in [-0.39, 0.29) is 5.91 Å². The van der Waals surface area contributed by atoms with Crippen LogP contribution in [0.1, 0.15) is 18.2 Å². The SMILES string of the molecule is CC[SH+]c1ccc(CC(=O)Nc2ccc(-n3cnc(C)c3)c(Oc3cccc(Cl)c3)c2)cc1. The Bertz CT molecular complexity index is 1250. The van der Waals surface area contributed by atoms with Gasteiger partial charge in [0.15, 0.2) is 10.6 Å². The van der Waals surface area contributed by atoms with E-state index in [1.807, 2.05) is 60.2 Å². The van der Waals surface area contributed by atoms with Crippen LogP contribution < -0.4 is 10.1 Å². The topological polar surface area (TPSA) is 56.2 Å². The highest BCUT2D eigenvalue weighted by Crippen LogP contribution is 2.32. The molecule has 0 saturated carbocycles. The van der Waals surface area contributed by atoms with Crippen molar-refractivity contribution in [2.75, 3.05) is 11.1 Å². The van der Waals surface area contributed by atoms with Crippen molar-refractivity contribution < 1.29 is 9.53 Å². The van der Waals surface area contributed by atoms with Crippen LogP contribution in [0.5, 0.6) is 11.5 Å². The summed E-state index contributed by atoms with van der Waals surface area (Å²) in [7, 11) is 0. The molecule has 168 valence electrons. The fourth-order valence-corrected chi connectivity index (χ4v) is 4.30. The van der Waals surface area contributed by atoms with E-state index in [2.05, 4.69) is 29.4 Å². The summed E-state index contributed by atoms with van der Waals surface area (Å²) in [5, 5.41) is 3.56. The molecule has 33 heavy (non-hydrogen) atoms. The quantitative estimate of drug-likeness (QED) is 0.249. The largest absolute Gasteiger partial charge is 0.455 e. The molecule has 0 saturated heterocycles. The molecular weight excluding hydrogens is 454 g/mol. The van der Waals surface area contributed by atoms with Gasteiger partial charge in [-0.05, 0) is 61.9 Å². The number of benzene rings is 3.